The molecular weight excluding hydrogens is 823 g/mol. The van der Waals surface area contributed by atoms with E-state index in [0.717, 1.165) is 61.0 Å². The van der Waals surface area contributed by atoms with E-state index in [1.54, 1.807) is 4.70 Å². The van der Waals surface area contributed by atoms with Crippen LogP contribution in [0.2, 0.25) is 0 Å². The molecule has 0 amide bonds. The van der Waals surface area contributed by atoms with Gasteiger partial charge < -0.3 is 5.53 Å². The zero-order valence-electron chi connectivity index (χ0n) is 31.5. The van der Waals surface area contributed by atoms with Gasteiger partial charge in [-0.2, -0.15) is 0 Å². The quantitative estimate of drug-likeness (QED) is 0.0640. The number of unbranched alkanes of at least 4 members (excludes halogenated alkanes) is 12. The second kappa shape index (κ2) is 26.4. The fourth-order valence-electron chi connectivity index (χ4n) is 6.80. The molecule has 0 N–H and O–H groups in total. The molecule has 1 heterocycles. The Hall–Kier alpha value is -1.38. The summed E-state index contributed by atoms with van der Waals surface area (Å²) in [6.45, 7) is 13.4. The van der Waals surface area contributed by atoms with Gasteiger partial charge in [-0.05, 0) is 93.8 Å². The van der Waals surface area contributed by atoms with Gasteiger partial charge in [0.2, 0.25) is 11.4 Å². The molecule has 0 saturated heterocycles. The van der Waals surface area contributed by atoms with Crippen LogP contribution in [0, 0.1) is 13.8 Å². The van der Waals surface area contributed by atoms with E-state index in [0.29, 0.717) is 13.9 Å². The number of rotatable bonds is 22. The molecular formula is C44H64Br2N2Pd. The standard InChI is InChI=1S/C44H64N2.2BrH.Pd/c1-7-11-15-19-20-24-28-42-41(27-23-18-14-10-4)43(39-30-35(5)29-36(6)31-39)46(45)44(42)40-33-37(25-21-16-12-8-2)32-38(34-40)26-22-17-13-9-3;;;/h21-22,25-26,29-34H,7-20,23-24,27-28H2,1-6H3;2*1H;/q;;;+2/p-2. The first-order valence-corrected chi connectivity index (χ1v) is 26.3. The number of aryl methyl sites for hydroxylation is 2. The summed E-state index contributed by atoms with van der Waals surface area (Å²) >= 11 is 6.80. The zero-order chi connectivity index (χ0) is 35.9. The van der Waals surface area contributed by atoms with E-state index in [2.05, 4.69) is 129 Å². The second-order valence-corrected chi connectivity index (χ2v) is 20.9. The van der Waals surface area contributed by atoms with Crippen molar-refractivity contribution >= 4 is 50.4 Å². The maximum absolute atomic E-state index is 12.3. The van der Waals surface area contributed by atoms with Crippen molar-refractivity contribution in [3.05, 3.63) is 98.6 Å². The van der Waals surface area contributed by atoms with Gasteiger partial charge in [0, 0.05) is 22.3 Å². The van der Waals surface area contributed by atoms with Crippen LogP contribution in [0.4, 0.5) is 0 Å². The van der Waals surface area contributed by atoms with Gasteiger partial charge in [-0.25, -0.2) is 4.70 Å². The van der Waals surface area contributed by atoms with Crippen LogP contribution >= 0.6 is 26.9 Å². The van der Waals surface area contributed by atoms with Crippen molar-refractivity contribution in [2.45, 2.75) is 157 Å². The van der Waals surface area contributed by atoms with E-state index in [1.165, 1.54) is 110 Å². The molecule has 1 aliphatic rings. The summed E-state index contributed by atoms with van der Waals surface area (Å²) in [4.78, 5) is 0. The Morgan fingerprint density at radius 3 is 1.39 bits per heavy atom. The summed E-state index contributed by atoms with van der Waals surface area (Å²) in [6.07, 6.45) is 30.8. The van der Waals surface area contributed by atoms with Crippen LogP contribution in [0.15, 0.2) is 59.7 Å². The van der Waals surface area contributed by atoms with Gasteiger partial charge in [0.05, 0.1) is 0 Å². The third-order valence-corrected chi connectivity index (χ3v) is 9.24. The van der Waals surface area contributed by atoms with Crippen molar-refractivity contribution in [1.82, 2.24) is 0 Å². The number of benzene rings is 2. The van der Waals surface area contributed by atoms with Gasteiger partial charge in [0.25, 0.3) is 0 Å². The minimum absolute atomic E-state index is 0.575. The molecule has 3 rings (SSSR count). The van der Waals surface area contributed by atoms with Crippen LogP contribution in [0.1, 0.15) is 177 Å². The average molecular weight is 887 g/mol. The predicted octanol–water partition coefficient (Wildman–Crippen LogP) is 16.3. The first-order chi connectivity index (χ1) is 23.8. The topological polar surface area (TPSA) is 25.3 Å². The average Bonchev–Trinajstić information content (AvgIpc) is 3.35. The maximum atomic E-state index is 12.3. The van der Waals surface area contributed by atoms with Crippen molar-refractivity contribution in [3.8, 4) is 0 Å². The molecule has 5 heteroatoms. The van der Waals surface area contributed by atoms with Crippen molar-refractivity contribution in [2.75, 3.05) is 0 Å². The molecule has 0 atom stereocenters. The van der Waals surface area contributed by atoms with E-state index in [1.807, 2.05) is 0 Å². The van der Waals surface area contributed by atoms with Crippen LogP contribution in [0.25, 0.3) is 29.1 Å². The molecule has 0 radical (unpaired) electrons. The Morgan fingerprint density at radius 2 is 0.939 bits per heavy atom. The molecule has 0 aliphatic carbocycles. The van der Waals surface area contributed by atoms with Crippen molar-refractivity contribution in [2.24, 2.45) is 0 Å². The van der Waals surface area contributed by atoms with Crippen LogP contribution in [0.3, 0.4) is 0 Å². The van der Waals surface area contributed by atoms with E-state index < -0.39 is 0 Å². The van der Waals surface area contributed by atoms with Crippen LogP contribution in [0.5, 0.6) is 0 Å². The van der Waals surface area contributed by atoms with Gasteiger partial charge in [-0.3, -0.25) is 0 Å². The third kappa shape index (κ3) is 15.8. The van der Waals surface area contributed by atoms with Gasteiger partial charge in [-0.15, -0.1) is 0 Å². The van der Waals surface area contributed by atoms with E-state index in [-0.39, 0.29) is 0 Å². The van der Waals surface area contributed by atoms with Gasteiger partial charge in [0.15, 0.2) is 0 Å². The van der Waals surface area contributed by atoms with Gasteiger partial charge >= 0.3 is 40.8 Å². The first-order valence-electron chi connectivity index (χ1n) is 19.2. The third-order valence-electron chi connectivity index (χ3n) is 9.24. The van der Waals surface area contributed by atoms with Crippen molar-refractivity contribution < 1.29 is 18.6 Å². The van der Waals surface area contributed by atoms with Gasteiger partial charge in [0.1, 0.15) is 0 Å². The van der Waals surface area contributed by atoms with Crippen molar-refractivity contribution in [3.63, 3.8) is 0 Å². The Morgan fingerprint density at radius 1 is 0.551 bits per heavy atom. The SMILES string of the molecule is CCCCC=Cc1cc(C=CCCCC)cc(C2=C(CCCCCCCC)C(CCCCCC)=C(c3cc(C)cc(C)c3)[N+]2=[N-])c1.[Br][Pd][Br]. The Labute approximate surface area is 322 Å². The number of nitrogens with zero attached hydrogens (tertiary/aromatic N) is 2. The summed E-state index contributed by atoms with van der Waals surface area (Å²) in [5, 5.41) is 0. The van der Waals surface area contributed by atoms with E-state index >= 15 is 0 Å². The molecule has 0 spiro atoms. The molecule has 274 valence electrons. The van der Waals surface area contributed by atoms with Crippen LogP contribution in [-0.2, 0) is 13.9 Å². The predicted molar refractivity (Wildman–Crippen MR) is 222 cm³/mol. The normalized spacial score (nSPS) is 13.4. The molecule has 0 unspecified atom stereocenters. The minimum atomic E-state index is 0.575. The molecule has 0 bridgehead atoms. The molecule has 0 saturated carbocycles. The molecule has 2 nitrogen and oxygen atoms in total. The molecule has 1 aliphatic heterocycles. The van der Waals surface area contributed by atoms with E-state index in [4.69, 9.17) is 0 Å². The molecule has 49 heavy (non-hydrogen) atoms. The second-order valence-electron chi connectivity index (χ2n) is 13.7. The summed E-state index contributed by atoms with van der Waals surface area (Å²) in [5.74, 6) is 0. The summed E-state index contributed by atoms with van der Waals surface area (Å²) in [5.41, 5.74) is 24.2. The zero-order valence-corrected chi connectivity index (χ0v) is 36.2. The van der Waals surface area contributed by atoms with Crippen molar-refractivity contribution in [1.29, 1.82) is 0 Å². The van der Waals surface area contributed by atoms with Crippen LogP contribution in [-0.4, -0.2) is 4.70 Å². The number of halogens is 2. The summed E-state index contributed by atoms with van der Waals surface area (Å²) in [6, 6.07) is 13.7. The van der Waals surface area contributed by atoms with Gasteiger partial charge in [-0.1, -0.05) is 146 Å². The Balaban J connectivity index is 0.00000267. The number of allylic oxidation sites excluding steroid dienone is 4. The monoisotopic (exact) mass is 884 g/mol. The fraction of sp³-hybridized carbons (Fsp3) is 0.545. The molecule has 2 aromatic rings. The Bertz CT molecular complexity index is 1350. The summed E-state index contributed by atoms with van der Waals surface area (Å²) in [7, 11) is 0. The molecule has 2 aromatic carbocycles. The summed E-state index contributed by atoms with van der Waals surface area (Å²) < 4.78 is 1.58. The van der Waals surface area contributed by atoms with Crippen LogP contribution < -0.4 is 0 Å². The number of hydrogen-bond acceptors (Lipinski definition) is 0. The fourth-order valence-corrected chi connectivity index (χ4v) is 6.80. The molecule has 0 aromatic heterocycles. The first kappa shape index (κ1) is 43.8. The van der Waals surface area contributed by atoms with E-state index in [9.17, 15) is 5.53 Å². The Kier molecular flexibility index (Phi) is 23.6. The number of hydrogen-bond donors (Lipinski definition) is 0. The molecule has 0 fully saturated rings.